The number of hydrogen-bond donors (Lipinski definition) is 7. The second-order valence-electron chi connectivity index (χ2n) is 10.6. The zero-order valence-corrected chi connectivity index (χ0v) is 23.6. The van der Waals surface area contributed by atoms with E-state index in [1.54, 1.807) is 36.4 Å². The van der Waals surface area contributed by atoms with Crippen molar-refractivity contribution in [2.24, 2.45) is 11.7 Å². The fourth-order valence-corrected chi connectivity index (χ4v) is 4.38. The number of nitrogens with two attached hydrogens (primary N) is 1. The van der Waals surface area contributed by atoms with Gasteiger partial charge in [-0.1, -0.05) is 56.3 Å². The first kappa shape index (κ1) is 31.8. The molecule has 0 saturated carbocycles. The lowest BCUT2D eigenvalue weighted by molar-refractivity contribution is -0.142. The van der Waals surface area contributed by atoms with Crippen molar-refractivity contribution in [2.45, 2.75) is 63.7 Å². The Hall–Kier alpha value is -4.71. The van der Waals surface area contributed by atoms with E-state index in [4.69, 9.17) is 5.73 Å². The van der Waals surface area contributed by atoms with Crippen molar-refractivity contribution >= 4 is 23.7 Å². The summed E-state index contributed by atoms with van der Waals surface area (Å²) in [7, 11) is 0. The summed E-state index contributed by atoms with van der Waals surface area (Å²) < 4.78 is 0. The molecule has 3 rings (SSSR count). The number of imidazole rings is 1. The van der Waals surface area contributed by atoms with Gasteiger partial charge in [0.05, 0.1) is 12.4 Å². The number of carboxylic acids is 1. The Morgan fingerprint density at radius 2 is 1.38 bits per heavy atom. The molecule has 3 aromatic rings. The molecule has 1 heterocycles. The van der Waals surface area contributed by atoms with Gasteiger partial charge in [-0.3, -0.25) is 14.4 Å². The van der Waals surface area contributed by atoms with E-state index < -0.39 is 47.9 Å². The van der Waals surface area contributed by atoms with Gasteiger partial charge < -0.3 is 36.9 Å². The SMILES string of the molecule is CC(C)CC(NC(=O)C(Cc1ccccc1)NC(=O)C(Cc1cnc[nH]1)NC(=O)C(N)Cc1ccc(O)cc1)C(=O)O. The van der Waals surface area contributed by atoms with Crippen LogP contribution >= 0.6 is 0 Å². The van der Waals surface area contributed by atoms with Crippen LogP contribution in [0.5, 0.6) is 5.75 Å². The molecule has 0 radical (unpaired) electrons. The zero-order valence-electron chi connectivity index (χ0n) is 23.6. The van der Waals surface area contributed by atoms with Crippen LogP contribution in [0.4, 0.5) is 0 Å². The highest BCUT2D eigenvalue weighted by molar-refractivity contribution is 5.94. The van der Waals surface area contributed by atoms with E-state index in [1.165, 1.54) is 24.7 Å². The Bertz CT molecular complexity index is 1310. The molecule has 0 aliphatic heterocycles. The van der Waals surface area contributed by atoms with E-state index in [0.717, 1.165) is 11.1 Å². The van der Waals surface area contributed by atoms with E-state index >= 15 is 0 Å². The third kappa shape index (κ3) is 10.0. The largest absolute Gasteiger partial charge is 0.508 e. The number of H-pyrrole nitrogens is 1. The monoisotopic (exact) mass is 578 g/mol. The highest BCUT2D eigenvalue weighted by Crippen LogP contribution is 2.12. The molecule has 0 fully saturated rings. The molecule has 42 heavy (non-hydrogen) atoms. The van der Waals surface area contributed by atoms with Crippen LogP contribution in [0.1, 0.15) is 37.1 Å². The molecule has 0 spiro atoms. The first-order chi connectivity index (χ1) is 20.0. The number of carbonyl (C=O) groups excluding carboxylic acids is 3. The van der Waals surface area contributed by atoms with E-state index in [9.17, 15) is 29.4 Å². The van der Waals surface area contributed by atoms with Gasteiger partial charge in [0, 0.05) is 24.7 Å². The van der Waals surface area contributed by atoms with Crippen molar-refractivity contribution in [2.75, 3.05) is 0 Å². The van der Waals surface area contributed by atoms with Crippen molar-refractivity contribution in [1.29, 1.82) is 0 Å². The molecule has 12 nitrogen and oxygen atoms in total. The zero-order chi connectivity index (χ0) is 30.6. The highest BCUT2D eigenvalue weighted by Gasteiger charge is 2.31. The van der Waals surface area contributed by atoms with Crippen LogP contribution in [0.25, 0.3) is 0 Å². The summed E-state index contributed by atoms with van der Waals surface area (Å²) >= 11 is 0. The molecule has 2 aromatic carbocycles. The van der Waals surface area contributed by atoms with Crippen LogP contribution in [0.15, 0.2) is 67.1 Å². The average molecular weight is 579 g/mol. The van der Waals surface area contributed by atoms with Crippen molar-refractivity contribution in [3.05, 3.63) is 83.9 Å². The van der Waals surface area contributed by atoms with Crippen molar-refractivity contribution in [1.82, 2.24) is 25.9 Å². The molecule has 1 aromatic heterocycles. The van der Waals surface area contributed by atoms with Gasteiger partial charge >= 0.3 is 5.97 Å². The maximum absolute atomic E-state index is 13.6. The summed E-state index contributed by atoms with van der Waals surface area (Å²) in [5.41, 5.74) is 8.17. The smallest absolute Gasteiger partial charge is 0.326 e. The van der Waals surface area contributed by atoms with Crippen LogP contribution in [-0.4, -0.2) is 68.0 Å². The van der Waals surface area contributed by atoms with E-state index in [1.807, 2.05) is 19.9 Å². The van der Waals surface area contributed by atoms with Gasteiger partial charge in [0.15, 0.2) is 0 Å². The standard InChI is InChI=1S/C30H38N6O6/c1-18(2)12-26(30(41)42)36-28(39)24(14-19-6-4-3-5-7-19)35-29(40)25(15-21-16-32-17-33-21)34-27(38)23(31)13-20-8-10-22(37)11-9-20/h3-11,16-18,23-26,37H,12-15,31H2,1-2H3,(H,32,33)(H,34,38)(H,35,40)(H,36,39)(H,41,42). The Labute approximate surface area is 244 Å². The number of rotatable bonds is 15. The summed E-state index contributed by atoms with van der Waals surface area (Å²) in [6, 6.07) is 10.9. The fourth-order valence-electron chi connectivity index (χ4n) is 4.38. The molecular formula is C30H38N6O6. The van der Waals surface area contributed by atoms with Crippen molar-refractivity contribution in [3.8, 4) is 5.75 Å². The number of amides is 3. The molecule has 0 aliphatic rings. The summed E-state index contributed by atoms with van der Waals surface area (Å²) in [6.45, 7) is 3.70. The van der Waals surface area contributed by atoms with Crippen molar-refractivity contribution in [3.63, 3.8) is 0 Å². The Kier molecular flexibility index (Phi) is 11.6. The second-order valence-corrected chi connectivity index (χ2v) is 10.6. The molecule has 3 amide bonds. The lowest BCUT2D eigenvalue weighted by atomic mass is 10.0. The molecule has 8 N–H and O–H groups in total. The Morgan fingerprint density at radius 1 is 0.810 bits per heavy atom. The molecule has 4 atom stereocenters. The number of phenols is 1. The summed E-state index contributed by atoms with van der Waals surface area (Å²) in [4.78, 5) is 58.7. The quantitative estimate of drug-likeness (QED) is 0.139. The predicted octanol–water partition coefficient (Wildman–Crippen LogP) is 1.06. The number of hydrogen-bond acceptors (Lipinski definition) is 7. The fraction of sp³-hybridized carbons (Fsp3) is 0.367. The van der Waals surface area contributed by atoms with Gasteiger partial charge in [0.2, 0.25) is 17.7 Å². The number of carboxylic acid groups (broad SMARTS) is 1. The normalized spacial score (nSPS) is 13.9. The van der Waals surface area contributed by atoms with E-state index in [2.05, 4.69) is 25.9 Å². The van der Waals surface area contributed by atoms with E-state index in [-0.39, 0.29) is 37.4 Å². The summed E-state index contributed by atoms with van der Waals surface area (Å²) in [6.07, 6.45) is 3.46. The molecule has 224 valence electrons. The molecular weight excluding hydrogens is 540 g/mol. The Balaban J connectivity index is 1.79. The predicted molar refractivity (Wildman–Crippen MR) is 155 cm³/mol. The van der Waals surface area contributed by atoms with Gasteiger partial charge in [-0.05, 0) is 42.0 Å². The molecule has 0 aliphatic carbocycles. The number of nitrogens with one attached hydrogen (secondary N) is 4. The lowest BCUT2D eigenvalue weighted by Crippen LogP contribution is -2.58. The van der Waals surface area contributed by atoms with Crippen LogP contribution in [0.3, 0.4) is 0 Å². The second kappa shape index (κ2) is 15.3. The third-order valence-electron chi connectivity index (χ3n) is 6.58. The number of nitrogens with zero attached hydrogens (tertiary/aromatic N) is 1. The third-order valence-corrected chi connectivity index (χ3v) is 6.58. The van der Waals surface area contributed by atoms with Crippen LogP contribution in [0, 0.1) is 5.92 Å². The first-order valence-corrected chi connectivity index (χ1v) is 13.7. The first-order valence-electron chi connectivity index (χ1n) is 13.7. The van der Waals surface area contributed by atoms with Crippen LogP contribution in [0.2, 0.25) is 0 Å². The summed E-state index contributed by atoms with van der Waals surface area (Å²) in [5.74, 6) is -2.98. The lowest BCUT2D eigenvalue weighted by Gasteiger charge is -2.25. The average Bonchev–Trinajstić information content (AvgIpc) is 3.46. The Morgan fingerprint density at radius 3 is 1.95 bits per heavy atom. The molecule has 12 heteroatoms. The highest BCUT2D eigenvalue weighted by atomic mass is 16.4. The van der Waals surface area contributed by atoms with Crippen LogP contribution < -0.4 is 21.7 Å². The molecule has 0 bridgehead atoms. The molecule has 4 unspecified atom stereocenters. The minimum Gasteiger partial charge on any atom is -0.508 e. The number of aromatic amines is 1. The van der Waals surface area contributed by atoms with E-state index in [0.29, 0.717) is 5.69 Å². The van der Waals surface area contributed by atoms with Gasteiger partial charge in [-0.15, -0.1) is 0 Å². The number of aliphatic carboxylic acids is 1. The maximum Gasteiger partial charge on any atom is 0.326 e. The van der Waals surface area contributed by atoms with Gasteiger partial charge in [-0.25, -0.2) is 9.78 Å². The summed E-state index contributed by atoms with van der Waals surface area (Å²) in [5, 5.41) is 27.1. The van der Waals surface area contributed by atoms with Gasteiger partial charge in [0.25, 0.3) is 0 Å². The minimum absolute atomic E-state index is 0.00773. The van der Waals surface area contributed by atoms with Crippen LogP contribution in [-0.2, 0) is 38.4 Å². The minimum atomic E-state index is -1.17. The number of aromatic hydroxyl groups is 1. The maximum atomic E-state index is 13.6. The number of aromatic nitrogens is 2. The number of benzene rings is 2. The van der Waals surface area contributed by atoms with Gasteiger partial charge in [-0.2, -0.15) is 0 Å². The van der Waals surface area contributed by atoms with Crippen molar-refractivity contribution < 1.29 is 29.4 Å². The van der Waals surface area contributed by atoms with Gasteiger partial charge in [0.1, 0.15) is 23.9 Å². The number of carbonyl (C=O) groups is 4. The molecule has 0 saturated heterocycles. The number of phenolic OH excluding ortho intramolecular Hbond substituents is 1. The topological polar surface area (TPSA) is 200 Å².